The summed E-state index contributed by atoms with van der Waals surface area (Å²) in [6.07, 6.45) is 3.92. The molecule has 2 aromatic rings. The zero-order valence-electron chi connectivity index (χ0n) is 16.7. The molecule has 2 aliphatic rings. The van der Waals surface area contributed by atoms with Crippen molar-refractivity contribution in [1.29, 1.82) is 0 Å². The Morgan fingerprint density at radius 2 is 2.14 bits per heavy atom. The van der Waals surface area contributed by atoms with Crippen molar-refractivity contribution in [3.63, 3.8) is 0 Å². The molecular weight excluding hydrogens is 358 g/mol. The summed E-state index contributed by atoms with van der Waals surface area (Å²) < 4.78 is 17.1. The molecule has 6 nitrogen and oxygen atoms in total. The lowest BCUT2D eigenvalue weighted by Crippen LogP contribution is -2.34. The molecule has 28 heavy (non-hydrogen) atoms. The van der Waals surface area contributed by atoms with E-state index in [9.17, 15) is 9.59 Å². The van der Waals surface area contributed by atoms with Gasteiger partial charge in [-0.25, -0.2) is 4.79 Å². The summed E-state index contributed by atoms with van der Waals surface area (Å²) >= 11 is 0. The number of ether oxygens (including phenoxy) is 2. The molecule has 0 unspecified atom stereocenters. The predicted octanol–water partition coefficient (Wildman–Crippen LogP) is 3.04. The van der Waals surface area contributed by atoms with Gasteiger partial charge in [-0.2, -0.15) is 0 Å². The minimum absolute atomic E-state index is 0.0114. The van der Waals surface area contributed by atoms with Crippen molar-refractivity contribution in [2.24, 2.45) is 0 Å². The van der Waals surface area contributed by atoms with Crippen LogP contribution >= 0.6 is 0 Å². The second-order valence-electron chi connectivity index (χ2n) is 8.43. The smallest absolute Gasteiger partial charge is 0.340 e. The SMILES string of the molecule is Cc1c(CC(=O)NC[C@H]2CCCO2)c(=O)oc2cc3c(cc12)CCC(C)(C)O3. The highest BCUT2D eigenvalue weighted by Gasteiger charge is 2.28. The van der Waals surface area contributed by atoms with Crippen molar-refractivity contribution < 1.29 is 18.7 Å². The average Bonchev–Trinajstić information content (AvgIpc) is 3.15. The normalized spacial score (nSPS) is 20.6. The Hall–Kier alpha value is -2.34. The van der Waals surface area contributed by atoms with E-state index in [0.29, 0.717) is 17.7 Å². The number of aryl methyl sites for hydroxylation is 2. The number of fused-ring (bicyclic) bond motifs is 2. The van der Waals surface area contributed by atoms with Crippen LogP contribution in [0.2, 0.25) is 0 Å². The fourth-order valence-corrected chi connectivity index (χ4v) is 4.00. The number of hydrogen-bond donors (Lipinski definition) is 1. The van der Waals surface area contributed by atoms with E-state index in [1.54, 1.807) is 6.07 Å². The lowest BCUT2D eigenvalue weighted by atomic mass is 9.92. The second-order valence-corrected chi connectivity index (χ2v) is 8.43. The third-order valence-corrected chi connectivity index (χ3v) is 5.74. The Morgan fingerprint density at radius 3 is 2.89 bits per heavy atom. The van der Waals surface area contributed by atoms with Crippen LogP contribution in [0.15, 0.2) is 21.3 Å². The summed E-state index contributed by atoms with van der Waals surface area (Å²) in [6, 6.07) is 3.84. The van der Waals surface area contributed by atoms with Crippen LogP contribution < -0.4 is 15.7 Å². The van der Waals surface area contributed by atoms with Crippen molar-refractivity contribution in [3.05, 3.63) is 39.2 Å². The van der Waals surface area contributed by atoms with E-state index in [2.05, 4.69) is 19.2 Å². The summed E-state index contributed by atoms with van der Waals surface area (Å²) in [4.78, 5) is 24.9. The quantitative estimate of drug-likeness (QED) is 0.819. The summed E-state index contributed by atoms with van der Waals surface area (Å²) in [7, 11) is 0. The van der Waals surface area contributed by atoms with Crippen molar-refractivity contribution in [3.8, 4) is 5.75 Å². The number of nitrogens with one attached hydrogen (secondary N) is 1. The van der Waals surface area contributed by atoms with Crippen LogP contribution in [0, 0.1) is 6.92 Å². The maximum Gasteiger partial charge on any atom is 0.340 e. The molecule has 1 N–H and O–H groups in total. The first kappa shape index (κ1) is 19.0. The number of carbonyl (C=O) groups is 1. The third kappa shape index (κ3) is 3.78. The molecular formula is C22H27NO5. The zero-order chi connectivity index (χ0) is 19.9. The van der Waals surface area contributed by atoms with Gasteiger partial charge in [0, 0.05) is 24.6 Å². The first-order chi connectivity index (χ1) is 13.3. The molecule has 150 valence electrons. The molecule has 4 rings (SSSR count). The Bertz CT molecular complexity index is 969. The maximum absolute atomic E-state index is 12.5. The fourth-order valence-electron chi connectivity index (χ4n) is 4.00. The van der Waals surface area contributed by atoms with Crippen molar-refractivity contribution in [2.75, 3.05) is 13.2 Å². The molecule has 1 amide bonds. The number of rotatable bonds is 4. The van der Waals surface area contributed by atoms with E-state index in [1.807, 2.05) is 13.0 Å². The van der Waals surface area contributed by atoms with Gasteiger partial charge < -0.3 is 19.2 Å². The van der Waals surface area contributed by atoms with E-state index in [4.69, 9.17) is 13.9 Å². The van der Waals surface area contributed by atoms with Crippen molar-refractivity contribution in [2.45, 2.75) is 64.6 Å². The second kappa shape index (κ2) is 7.24. The Balaban J connectivity index is 1.59. The Labute approximate surface area is 164 Å². The van der Waals surface area contributed by atoms with Crippen molar-refractivity contribution >= 4 is 16.9 Å². The van der Waals surface area contributed by atoms with Crippen molar-refractivity contribution in [1.82, 2.24) is 5.32 Å². The molecule has 1 fully saturated rings. The molecule has 3 heterocycles. The van der Waals surface area contributed by atoms with E-state index in [-0.39, 0.29) is 24.0 Å². The van der Waals surface area contributed by atoms with Gasteiger partial charge in [0.2, 0.25) is 5.91 Å². The highest BCUT2D eigenvalue weighted by Crippen LogP contribution is 2.36. The maximum atomic E-state index is 12.5. The van der Waals surface area contributed by atoms with Crippen LogP contribution in [0.4, 0.5) is 0 Å². The largest absolute Gasteiger partial charge is 0.487 e. The molecule has 1 saturated heterocycles. The fraction of sp³-hybridized carbons (Fsp3) is 0.545. The zero-order valence-corrected chi connectivity index (χ0v) is 16.7. The highest BCUT2D eigenvalue weighted by molar-refractivity contribution is 5.86. The van der Waals surface area contributed by atoms with Crippen LogP contribution in [-0.2, 0) is 22.4 Å². The number of hydrogen-bond acceptors (Lipinski definition) is 5. The summed E-state index contributed by atoms with van der Waals surface area (Å²) in [5.74, 6) is 0.585. The van der Waals surface area contributed by atoms with E-state index >= 15 is 0 Å². The van der Waals surface area contributed by atoms with Crippen LogP contribution in [0.1, 0.15) is 49.8 Å². The molecule has 0 radical (unpaired) electrons. The molecule has 0 bridgehead atoms. The van der Waals surface area contributed by atoms with Gasteiger partial charge >= 0.3 is 5.63 Å². The lowest BCUT2D eigenvalue weighted by molar-refractivity contribution is -0.121. The van der Waals surface area contributed by atoms with Gasteiger partial charge in [-0.15, -0.1) is 0 Å². The van der Waals surface area contributed by atoms with Gasteiger partial charge in [-0.3, -0.25) is 4.79 Å². The molecule has 0 saturated carbocycles. The Kier molecular flexibility index (Phi) is 4.91. The van der Waals surface area contributed by atoms with E-state index in [1.165, 1.54) is 0 Å². The number of benzene rings is 1. The minimum Gasteiger partial charge on any atom is -0.487 e. The first-order valence-electron chi connectivity index (χ1n) is 9.99. The molecule has 1 atom stereocenters. The number of amides is 1. The van der Waals surface area contributed by atoms with Gasteiger partial charge in [0.05, 0.1) is 18.1 Å². The summed E-state index contributed by atoms with van der Waals surface area (Å²) in [5, 5.41) is 3.73. The standard InChI is InChI=1S/C22H27NO5/c1-13-16-9-14-6-7-22(2,3)28-18(14)11-19(16)27-21(25)17(13)10-20(24)23-12-15-5-4-8-26-15/h9,11,15H,4-8,10,12H2,1-3H3,(H,23,24)/t15-/m1/s1. The first-order valence-corrected chi connectivity index (χ1v) is 9.99. The highest BCUT2D eigenvalue weighted by atomic mass is 16.5. The van der Waals surface area contributed by atoms with Gasteiger partial charge in [0.15, 0.2) is 0 Å². The van der Waals surface area contributed by atoms with Crippen LogP contribution in [0.3, 0.4) is 0 Å². The number of carbonyl (C=O) groups excluding carboxylic acids is 1. The van der Waals surface area contributed by atoms with E-state index in [0.717, 1.165) is 54.6 Å². The molecule has 0 spiro atoms. The molecule has 0 aliphatic carbocycles. The average molecular weight is 385 g/mol. The van der Waals surface area contributed by atoms with Crippen LogP contribution in [0.25, 0.3) is 11.0 Å². The topological polar surface area (TPSA) is 77.8 Å². The molecule has 1 aromatic heterocycles. The van der Waals surface area contributed by atoms with Crippen LogP contribution in [0.5, 0.6) is 5.75 Å². The molecule has 6 heteroatoms. The van der Waals surface area contributed by atoms with E-state index < -0.39 is 5.63 Å². The molecule has 1 aromatic carbocycles. The van der Waals surface area contributed by atoms with Gasteiger partial charge in [0.25, 0.3) is 0 Å². The Morgan fingerprint density at radius 1 is 1.32 bits per heavy atom. The van der Waals surface area contributed by atoms with Gasteiger partial charge in [-0.05, 0) is 63.6 Å². The predicted molar refractivity (Wildman–Crippen MR) is 106 cm³/mol. The lowest BCUT2D eigenvalue weighted by Gasteiger charge is -2.32. The summed E-state index contributed by atoms with van der Waals surface area (Å²) in [5.41, 5.74) is 2.13. The third-order valence-electron chi connectivity index (χ3n) is 5.74. The van der Waals surface area contributed by atoms with Crippen LogP contribution in [-0.4, -0.2) is 30.8 Å². The van der Waals surface area contributed by atoms with Gasteiger partial charge in [-0.1, -0.05) is 0 Å². The minimum atomic E-state index is -0.465. The van der Waals surface area contributed by atoms with Gasteiger partial charge in [0.1, 0.15) is 16.9 Å². The molecule has 2 aliphatic heterocycles. The monoisotopic (exact) mass is 385 g/mol. The summed E-state index contributed by atoms with van der Waals surface area (Å²) in [6.45, 7) is 7.22.